The van der Waals surface area contributed by atoms with E-state index in [2.05, 4.69) is 31.9 Å². The van der Waals surface area contributed by atoms with E-state index >= 15 is 0 Å². The van der Waals surface area contributed by atoms with Crippen LogP contribution in [0.2, 0.25) is 0 Å². The number of fused-ring (bicyclic) bond motifs is 1. The first-order chi connectivity index (χ1) is 12.0. The molecule has 3 rings (SSSR count). The van der Waals surface area contributed by atoms with Crippen LogP contribution in [0, 0.1) is 0 Å². The monoisotopic (exact) mass is 460 g/mol. The Morgan fingerprint density at radius 2 is 1.40 bits per heavy atom. The van der Waals surface area contributed by atoms with Crippen molar-refractivity contribution < 1.29 is 14.3 Å². The van der Waals surface area contributed by atoms with Gasteiger partial charge in [0.25, 0.3) is 0 Å². The highest BCUT2D eigenvalue weighted by atomic mass is 79.9. The standard InChI is InChI=1S/C20H14Br2O3/c21-16-5-1-13(2-6-16)19(23)9-10-20(24)25-18-8-4-14-11-17(22)7-3-15(14)12-18/h1-8,11-12H,9-10H2. The van der Waals surface area contributed by atoms with Crippen molar-refractivity contribution >= 4 is 54.4 Å². The van der Waals surface area contributed by atoms with Crippen LogP contribution in [0.25, 0.3) is 10.8 Å². The molecule has 0 radical (unpaired) electrons. The molecule has 3 nitrogen and oxygen atoms in total. The summed E-state index contributed by atoms with van der Waals surface area (Å²) in [5, 5.41) is 2.04. The molecule has 0 fully saturated rings. The minimum Gasteiger partial charge on any atom is -0.426 e. The zero-order valence-electron chi connectivity index (χ0n) is 13.2. The first kappa shape index (κ1) is 17.8. The molecule has 0 aliphatic rings. The van der Waals surface area contributed by atoms with Gasteiger partial charge < -0.3 is 4.74 Å². The molecule has 0 atom stereocenters. The molecule has 0 N–H and O–H groups in total. The first-order valence-electron chi connectivity index (χ1n) is 7.70. The van der Waals surface area contributed by atoms with Crippen LogP contribution in [0.1, 0.15) is 23.2 Å². The molecule has 3 aromatic carbocycles. The summed E-state index contributed by atoms with van der Waals surface area (Å²) in [6.07, 6.45) is 0.175. The number of esters is 1. The Bertz CT molecular complexity index is 933. The average molecular weight is 462 g/mol. The largest absolute Gasteiger partial charge is 0.426 e. The third-order valence-electron chi connectivity index (χ3n) is 3.73. The van der Waals surface area contributed by atoms with Gasteiger partial charge in [-0.2, -0.15) is 0 Å². The van der Waals surface area contributed by atoms with Gasteiger partial charge in [0.05, 0.1) is 6.42 Å². The predicted molar refractivity (Wildman–Crippen MR) is 105 cm³/mol. The number of carbonyl (C=O) groups is 2. The summed E-state index contributed by atoms with van der Waals surface area (Å²) in [4.78, 5) is 24.1. The maximum atomic E-state index is 12.1. The van der Waals surface area contributed by atoms with E-state index in [4.69, 9.17) is 4.74 Å². The van der Waals surface area contributed by atoms with Crippen LogP contribution in [0.15, 0.2) is 69.6 Å². The Kier molecular flexibility index (Phi) is 5.66. The SMILES string of the molecule is O=C(CCC(=O)c1ccc(Br)cc1)Oc1ccc2cc(Br)ccc2c1. The molecule has 0 aliphatic heterocycles. The van der Waals surface area contributed by atoms with Crippen LogP contribution < -0.4 is 4.74 Å². The van der Waals surface area contributed by atoms with Crippen LogP contribution in [0.3, 0.4) is 0 Å². The van der Waals surface area contributed by atoms with E-state index in [1.807, 2.05) is 30.3 Å². The van der Waals surface area contributed by atoms with Gasteiger partial charge in [-0.05, 0) is 47.2 Å². The quantitative estimate of drug-likeness (QED) is 0.268. The van der Waals surface area contributed by atoms with Gasteiger partial charge in [0, 0.05) is 20.9 Å². The minimum atomic E-state index is -0.415. The molecule has 0 amide bonds. The van der Waals surface area contributed by atoms with E-state index in [9.17, 15) is 9.59 Å². The highest BCUT2D eigenvalue weighted by Gasteiger charge is 2.11. The lowest BCUT2D eigenvalue weighted by Crippen LogP contribution is -2.10. The van der Waals surface area contributed by atoms with E-state index in [0.29, 0.717) is 11.3 Å². The van der Waals surface area contributed by atoms with Crippen LogP contribution in [-0.4, -0.2) is 11.8 Å². The van der Waals surface area contributed by atoms with Crippen molar-refractivity contribution in [1.29, 1.82) is 0 Å². The number of Topliss-reactive ketones (excluding diaryl/α,β-unsaturated/α-hetero) is 1. The molecule has 0 bridgehead atoms. The van der Waals surface area contributed by atoms with Gasteiger partial charge in [-0.15, -0.1) is 0 Å². The fourth-order valence-electron chi connectivity index (χ4n) is 2.44. The lowest BCUT2D eigenvalue weighted by Gasteiger charge is -2.06. The maximum Gasteiger partial charge on any atom is 0.311 e. The molecule has 0 saturated heterocycles. The highest BCUT2D eigenvalue weighted by Crippen LogP contribution is 2.24. The first-order valence-corrected chi connectivity index (χ1v) is 9.28. The van der Waals surface area contributed by atoms with Crippen molar-refractivity contribution in [2.75, 3.05) is 0 Å². The second kappa shape index (κ2) is 7.93. The number of carbonyl (C=O) groups excluding carboxylic acids is 2. The van der Waals surface area contributed by atoms with E-state index in [1.165, 1.54) is 0 Å². The van der Waals surface area contributed by atoms with Crippen molar-refractivity contribution in [3.8, 4) is 5.75 Å². The summed E-state index contributed by atoms with van der Waals surface area (Å²) >= 11 is 6.76. The lowest BCUT2D eigenvalue weighted by molar-refractivity contribution is -0.134. The zero-order chi connectivity index (χ0) is 17.8. The van der Waals surface area contributed by atoms with Crippen molar-refractivity contribution in [1.82, 2.24) is 0 Å². The number of hydrogen-bond acceptors (Lipinski definition) is 3. The van der Waals surface area contributed by atoms with E-state index in [1.54, 1.807) is 30.3 Å². The average Bonchev–Trinajstić information content (AvgIpc) is 2.60. The molecule has 0 aromatic heterocycles. The van der Waals surface area contributed by atoms with E-state index < -0.39 is 5.97 Å². The van der Waals surface area contributed by atoms with Crippen molar-refractivity contribution in [3.63, 3.8) is 0 Å². The Hall–Kier alpha value is -1.98. The summed E-state index contributed by atoms with van der Waals surface area (Å²) < 4.78 is 7.25. The summed E-state index contributed by atoms with van der Waals surface area (Å²) in [6, 6.07) is 18.4. The molecule has 0 heterocycles. The second-order valence-corrected chi connectivity index (χ2v) is 7.39. The third-order valence-corrected chi connectivity index (χ3v) is 4.75. The summed E-state index contributed by atoms with van der Waals surface area (Å²) in [5.41, 5.74) is 0.590. The van der Waals surface area contributed by atoms with E-state index in [0.717, 1.165) is 19.7 Å². The predicted octanol–water partition coefficient (Wildman–Crippen LogP) is 5.93. The number of ether oxygens (including phenoxy) is 1. The van der Waals surface area contributed by atoms with Crippen LogP contribution in [0.4, 0.5) is 0 Å². The Morgan fingerprint density at radius 3 is 2.16 bits per heavy atom. The molecule has 126 valence electrons. The minimum absolute atomic E-state index is 0.0489. The van der Waals surface area contributed by atoms with Gasteiger partial charge in [0.15, 0.2) is 5.78 Å². The van der Waals surface area contributed by atoms with Crippen LogP contribution in [0.5, 0.6) is 5.75 Å². The van der Waals surface area contributed by atoms with Crippen LogP contribution in [-0.2, 0) is 4.79 Å². The zero-order valence-corrected chi connectivity index (χ0v) is 16.3. The van der Waals surface area contributed by atoms with Gasteiger partial charge in [-0.3, -0.25) is 9.59 Å². The molecule has 0 unspecified atom stereocenters. The van der Waals surface area contributed by atoms with E-state index in [-0.39, 0.29) is 18.6 Å². The number of ketones is 1. The van der Waals surface area contributed by atoms with Crippen molar-refractivity contribution in [3.05, 3.63) is 75.2 Å². The summed E-state index contributed by atoms with van der Waals surface area (Å²) in [6.45, 7) is 0. The van der Waals surface area contributed by atoms with Gasteiger partial charge >= 0.3 is 5.97 Å². The molecule has 25 heavy (non-hydrogen) atoms. The molecular weight excluding hydrogens is 448 g/mol. The number of hydrogen-bond donors (Lipinski definition) is 0. The van der Waals surface area contributed by atoms with Crippen molar-refractivity contribution in [2.24, 2.45) is 0 Å². The lowest BCUT2D eigenvalue weighted by atomic mass is 10.1. The fraction of sp³-hybridized carbons (Fsp3) is 0.100. The topological polar surface area (TPSA) is 43.4 Å². The normalized spacial score (nSPS) is 10.6. The van der Waals surface area contributed by atoms with Gasteiger partial charge in [-0.1, -0.05) is 56.1 Å². The van der Waals surface area contributed by atoms with Gasteiger partial charge in [0.2, 0.25) is 0 Å². The molecule has 0 saturated carbocycles. The molecule has 3 aromatic rings. The maximum absolute atomic E-state index is 12.1. The van der Waals surface area contributed by atoms with Gasteiger partial charge in [-0.25, -0.2) is 0 Å². The third kappa shape index (κ3) is 4.77. The highest BCUT2D eigenvalue weighted by molar-refractivity contribution is 9.10. The van der Waals surface area contributed by atoms with Gasteiger partial charge in [0.1, 0.15) is 5.75 Å². The molecule has 0 aliphatic carbocycles. The molecule has 5 heteroatoms. The summed E-state index contributed by atoms with van der Waals surface area (Å²) in [7, 11) is 0. The second-order valence-electron chi connectivity index (χ2n) is 5.56. The Labute approximate surface area is 162 Å². The van der Waals surface area contributed by atoms with Crippen molar-refractivity contribution in [2.45, 2.75) is 12.8 Å². The summed E-state index contributed by atoms with van der Waals surface area (Å²) in [5.74, 6) is -0.00866. The molecular formula is C20H14Br2O3. The number of benzene rings is 3. The number of rotatable bonds is 5. The smallest absolute Gasteiger partial charge is 0.311 e. The number of halogens is 2. The Balaban J connectivity index is 1.59. The molecule has 0 spiro atoms. The van der Waals surface area contributed by atoms with Crippen LogP contribution >= 0.6 is 31.9 Å². The Morgan fingerprint density at radius 1 is 0.760 bits per heavy atom. The fourth-order valence-corrected chi connectivity index (χ4v) is 3.08.